The first-order valence-corrected chi connectivity index (χ1v) is 6.86. The average molecular weight is 281 g/mol. The SMILES string of the molecule is CCCc1c(C(=O)O)cnn1-c1ccc2ncccc2c1. The van der Waals surface area contributed by atoms with E-state index in [2.05, 4.69) is 10.1 Å². The van der Waals surface area contributed by atoms with Crippen LogP contribution >= 0.6 is 0 Å². The molecule has 0 radical (unpaired) electrons. The van der Waals surface area contributed by atoms with Crippen LogP contribution in [0.5, 0.6) is 0 Å². The van der Waals surface area contributed by atoms with Crippen molar-refractivity contribution >= 4 is 16.9 Å². The van der Waals surface area contributed by atoms with Gasteiger partial charge in [0.1, 0.15) is 5.56 Å². The van der Waals surface area contributed by atoms with E-state index in [1.807, 2.05) is 37.3 Å². The number of benzene rings is 1. The molecule has 3 rings (SSSR count). The first kappa shape index (κ1) is 13.3. The summed E-state index contributed by atoms with van der Waals surface area (Å²) in [6.45, 7) is 2.02. The lowest BCUT2D eigenvalue weighted by molar-refractivity contribution is 0.0695. The van der Waals surface area contributed by atoms with Crippen LogP contribution in [0.4, 0.5) is 0 Å². The molecule has 0 aliphatic rings. The quantitative estimate of drug-likeness (QED) is 0.798. The molecule has 0 spiro atoms. The second-order valence-corrected chi connectivity index (χ2v) is 4.85. The van der Waals surface area contributed by atoms with Gasteiger partial charge in [-0.2, -0.15) is 5.10 Å². The highest BCUT2D eigenvalue weighted by atomic mass is 16.4. The van der Waals surface area contributed by atoms with Crippen LogP contribution < -0.4 is 0 Å². The smallest absolute Gasteiger partial charge is 0.339 e. The number of nitrogens with zero attached hydrogens (tertiary/aromatic N) is 3. The third kappa shape index (κ3) is 2.38. The number of rotatable bonds is 4. The molecule has 2 aromatic heterocycles. The Labute approximate surface area is 121 Å². The molecule has 0 amide bonds. The number of carboxylic acid groups (broad SMARTS) is 1. The first-order chi connectivity index (χ1) is 10.2. The van der Waals surface area contributed by atoms with Gasteiger partial charge in [-0.1, -0.05) is 19.4 Å². The van der Waals surface area contributed by atoms with E-state index in [1.54, 1.807) is 10.9 Å². The molecule has 106 valence electrons. The topological polar surface area (TPSA) is 68.0 Å². The molecule has 0 atom stereocenters. The standard InChI is InChI=1S/C16H15N3O2/c1-2-4-15-13(16(20)21)10-18-19(15)12-6-7-14-11(9-12)5-3-8-17-14/h3,5-10H,2,4H2,1H3,(H,20,21). The van der Waals surface area contributed by atoms with Crippen LogP contribution in [0, 0.1) is 0 Å². The van der Waals surface area contributed by atoms with Gasteiger partial charge in [-0.05, 0) is 30.7 Å². The molecular weight excluding hydrogens is 266 g/mol. The van der Waals surface area contributed by atoms with Gasteiger partial charge in [-0.25, -0.2) is 9.48 Å². The number of carbonyl (C=O) groups is 1. The van der Waals surface area contributed by atoms with Crippen molar-refractivity contribution in [3.63, 3.8) is 0 Å². The second-order valence-electron chi connectivity index (χ2n) is 4.85. The van der Waals surface area contributed by atoms with E-state index in [0.29, 0.717) is 6.42 Å². The Morgan fingerprint density at radius 1 is 1.33 bits per heavy atom. The minimum atomic E-state index is -0.938. The van der Waals surface area contributed by atoms with Gasteiger partial charge < -0.3 is 5.11 Å². The second kappa shape index (κ2) is 5.36. The number of aromatic carboxylic acids is 1. The van der Waals surface area contributed by atoms with Crippen molar-refractivity contribution in [1.29, 1.82) is 0 Å². The molecule has 0 aliphatic carbocycles. The summed E-state index contributed by atoms with van der Waals surface area (Å²) in [7, 11) is 0. The van der Waals surface area contributed by atoms with Crippen LogP contribution in [0.15, 0.2) is 42.7 Å². The van der Waals surface area contributed by atoms with Crippen molar-refractivity contribution < 1.29 is 9.90 Å². The number of aromatic nitrogens is 3. The number of hydrogen-bond donors (Lipinski definition) is 1. The zero-order chi connectivity index (χ0) is 14.8. The molecule has 3 aromatic rings. The first-order valence-electron chi connectivity index (χ1n) is 6.86. The Hall–Kier alpha value is -2.69. The maximum Gasteiger partial charge on any atom is 0.339 e. The maximum atomic E-state index is 11.3. The Morgan fingerprint density at radius 2 is 2.19 bits per heavy atom. The van der Waals surface area contributed by atoms with Crippen LogP contribution in [-0.4, -0.2) is 25.8 Å². The van der Waals surface area contributed by atoms with Crippen molar-refractivity contribution in [3.8, 4) is 5.69 Å². The summed E-state index contributed by atoms with van der Waals surface area (Å²) in [6, 6.07) is 9.66. The average Bonchev–Trinajstić information content (AvgIpc) is 2.91. The zero-order valence-electron chi connectivity index (χ0n) is 11.7. The lowest BCUT2D eigenvalue weighted by Crippen LogP contribution is -2.06. The highest BCUT2D eigenvalue weighted by molar-refractivity contribution is 5.89. The van der Waals surface area contributed by atoms with Gasteiger partial charge in [0.25, 0.3) is 0 Å². The summed E-state index contributed by atoms with van der Waals surface area (Å²) < 4.78 is 1.71. The monoisotopic (exact) mass is 281 g/mol. The van der Waals surface area contributed by atoms with E-state index < -0.39 is 5.97 Å². The van der Waals surface area contributed by atoms with Gasteiger partial charge in [-0.3, -0.25) is 4.98 Å². The maximum absolute atomic E-state index is 11.3. The van der Waals surface area contributed by atoms with Gasteiger partial charge in [0.2, 0.25) is 0 Å². The van der Waals surface area contributed by atoms with Gasteiger partial charge in [0.15, 0.2) is 0 Å². The summed E-state index contributed by atoms with van der Waals surface area (Å²) in [4.78, 5) is 15.6. The lowest BCUT2D eigenvalue weighted by Gasteiger charge is -2.08. The van der Waals surface area contributed by atoms with Crippen molar-refractivity contribution in [2.75, 3.05) is 0 Å². The largest absolute Gasteiger partial charge is 0.478 e. The molecular formula is C16H15N3O2. The fourth-order valence-corrected chi connectivity index (χ4v) is 2.45. The summed E-state index contributed by atoms with van der Waals surface area (Å²) >= 11 is 0. The third-order valence-corrected chi connectivity index (χ3v) is 3.42. The van der Waals surface area contributed by atoms with Gasteiger partial charge in [0.05, 0.1) is 23.1 Å². The van der Waals surface area contributed by atoms with Crippen molar-refractivity contribution in [1.82, 2.24) is 14.8 Å². The fraction of sp³-hybridized carbons (Fsp3) is 0.188. The molecule has 1 aromatic carbocycles. The molecule has 0 saturated heterocycles. The molecule has 1 N–H and O–H groups in total. The predicted octanol–water partition coefficient (Wildman–Crippen LogP) is 3.07. The Morgan fingerprint density at radius 3 is 2.95 bits per heavy atom. The van der Waals surface area contributed by atoms with Crippen molar-refractivity contribution in [2.45, 2.75) is 19.8 Å². The van der Waals surface area contributed by atoms with Crippen LogP contribution in [0.3, 0.4) is 0 Å². The van der Waals surface area contributed by atoms with Crippen LogP contribution in [0.1, 0.15) is 29.4 Å². The fourth-order valence-electron chi connectivity index (χ4n) is 2.45. The number of pyridine rings is 1. The molecule has 0 fully saturated rings. The van der Waals surface area contributed by atoms with Crippen molar-refractivity contribution in [2.24, 2.45) is 0 Å². The molecule has 21 heavy (non-hydrogen) atoms. The van der Waals surface area contributed by atoms with Gasteiger partial charge >= 0.3 is 5.97 Å². The van der Waals surface area contributed by atoms with Crippen molar-refractivity contribution in [3.05, 3.63) is 54.0 Å². The van der Waals surface area contributed by atoms with E-state index in [1.165, 1.54) is 6.20 Å². The number of hydrogen-bond acceptors (Lipinski definition) is 3. The van der Waals surface area contributed by atoms with Crippen LogP contribution in [0.25, 0.3) is 16.6 Å². The van der Waals surface area contributed by atoms with Crippen LogP contribution in [-0.2, 0) is 6.42 Å². The van der Waals surface area contributed by atoms with E-state index in [-0.39, 0.29) is 5.56 Å². The number of fused-ring (bicyclic) bond motifs is 1. The molecule has 2 heterocycles. The summed E-state index contributed by atoms with van der Waals surface area (Å²) in [5.74, 6) is -0.938. The Balaban J connectivity index is 2.15. The summed E-state index contributed by atoms with van der Waals surface area (Å²) in [6.07, 6.45) is 4.70. The molecule has 5 nitrogen and oxygen atoms in total. The van der Waals surface area contributed by atoms with E-state index in [9.17, 15) is 9.90 Å². The summed E-state index contributed by atoms with van der Waals surface area (Å²) in [5.41, 5.74) is 2.76. The number of carboxylic acids is 1. The highest BCUT2D eigenvalue weighted by Crippen LogP contribution is 2.20. The molecule has 0 aliphatic heterocycles. The lowest BCUT2D eigenvalue weighted by atomic mass is 10.1. The highest BCUT2D eigenvalue weighted by Gasteiger charge is 2.17. The minimum absolute atomic E-state index is 0.267. The van der Waals surface area contributed by atoms with Crippen LogP contribution in [0.2, 0.25) is 0 Å². The minimum Gasteiger partial charge on any atom is -0.478 e. The predicted molar refractivity (Wildman–Crippen MR) is 79.8 cm³/mol. The molecule has 5 heteroatoms. The zero-order valence-corrected chi connectivity index (χ0v) is 11.7. The van der Waals surface area contributed by atoms with E-state index in [4.69, 9.17) is 0 Å². The summed E-state index contributed by atoms with van der Waals surface area (Å²) in [5, 5.41) is 14.5. The van der Waals surface area contributed by atoms with Gasteiger partial charge in [0, 0.05) is 11.6 Å². The third-order valence-electron chi connectivity index (χ3n) is 3.42. The molecule has 0 bridgehead atoms. The van der Waals surface area contributed by atoms with E-state index >= 15 is 0 Å². The molecule has 0 unspecified atom stereocenters. The normalized spacial score (nSPS) is 10.9. The van der Waals surface area contributed by atoms with Gasteiger partial charge in [-0.15, -0.1) is 0 Å². The Bertz CT molecular complexity index is 808. The van der Waals surface area contributed by atoms with E-state index in [0.717, 1.165) is 28.7 Å². The molecule has 0 saturated carbocycles. The Kier molecular flexibility index (Phi) is 3.39.